The molecule has 0 atom stereocenters. The van der Waals surface area contributed by atoms with Crippen LogP contribution in [-0.2, 0) is 0 Å². The van der Waals surface area contributed by atoms with Crippen LogP contribution in [0.2, 0.25) is 0 Å². The highest BCUT2D eigenvalue weighted by Gasteiger charge is 2.06. The Morgan fingerprint density at radius 1 is 1.19 bits per heavy atom. The summed E-state index contributed by atoms with van der Waals surface area (Å²) in [5.41, 5.74) is 1.93. The maximum Gasteiger partial charge on any atom is 0.354 e. The van der Waals surface area contributed by atoms with Crippen molar-refractivity contribution in [1.82, 2.24) is 4.98 Å². The third-order valence-corrected chi connectivity index (χ3v) is 2.86. The zero-order chi connectivity index (χ0) is 11.5. The first-order valence-corrected chi connectivity index (χ1v) is 5.42. The zero-order valence-corrected chi connectivity index (χ0v) is 9.81. The summed E-state index contributed by atoms with van der Waals surface area (Å²) in [4.78, 5) is 14.5. The predicted molar refractivity (Wildman–Crippen MR) is 64.3 cm³/mol. The molecule has 16 heavy (non-hydrogen) atoms. The van der Waals surface area contributed by atoms with Gasteiger partial charge in [0, 0.05) is 16.2 Å². The lowest BCUT2D eigenvalue weighted by Crippen LogP contribution is -1.99. The van der Waals surface area contributed by atoms with E-state index in [4.69, 9.17) is 5.11 Å². The molecule has 0 amide bonds. The molecular formula is C12H8BrNO2. The normalized spacial score (nSPS) is 10.1. The largest absolute Gasteiger partial charge is 0.477 e. The van der Waals surface area contributed by atoms with Gasteiger partial charge in [0.15, 0.2) is 0 Å². The van der Waals surface area contributed by atoms with Crippen LogP contribution in [0.25, 0.3) is 11.1 Å². The van der Waals surface area contributed by atoms with E-state index in [0.717, 1.165) is 15.6 Å². The first-order valence-electron chi connectivity index (χ1n) is 4.63. The minimum Gasteiger partial charge on any atom is -0.477 e. The molecule has 1 heterocycles. The molecule has 0 aliphatic rings. The Hall–Kier alpha value is -1.68. The minimum atomic E-state index is -1.02. The van der Waals surface area contributed by atoms with Crippen LogP contribution in [0.4, 0.5) is 0 Å². The number of benzene rings is 1. The van der Waals surface area contributed by atoms with Crippen LogP contribution in [0.15, 0.2) is 47.1 Å². The first kappa shape index (κ1) is 10.8. The van der Waals surface area contributed by atoms with Crippen molar-refractivity contribution in [3.05, 3.63) is 52.8 Å². The number of hydrogen-bond acceptors (Lipinski definition) is 2. The number of nitrogens with zero attached hydrogens (tertiary/aromatic N) is 1. The van der Waals surface area contributed by atoms with Gasteiger partial charge in [0.25, 0.3) is 0 Å². The Kier molecular flexibility index (Phi) is 3.01. The number of pyridine rings is 1. The van der Waals surface area contributed by atoms with Crippen LogP contribution in [0.1, 0.15) is 10.5 Å². The lowest BCUT2D eigenvalue weighted by Gasteiger charge is -2.03. The SMILES string of the molecule is O=C(O)c1ccc(-c2ccccc2Br)cn1. The maximum atomic E-state index is 10.6. The highest BCUT2D eigenvalue weighted by atomic mass is 79.9. The van der Waals surface area contributed by atoms with Crippen molar-refractivity contribution in [3.8, 4) is 11.1 Å². The van der Waals surface area contributed by atoms with Crippen LogP contribution in [0.3, 0.4) is 0 Å². The van der Waals surface area contributed by atoms with Gasteiger partial charge < -0.3 is 5.11 Å². The van der Waals surface area contributed by atoms with Gasteiger partial charge in [-0.3, -0.25) is 0 Å². The summed E-state index contributed by atoms with van der Waals surface area (Å²) in [5.74, 6) is -1.02. The van der Waals surface area contributed by atoms with Gasteiger partial charge in [-0.05, 0) is 17.7 Å². The van der Waals surface area contributed by atoms with Gasteiger partial charge in [0.1, 0.15) is 5.69 Å². The summed E-state index contributed by atoms with van der Waals surface area (Å²) in [6.07, 6.45) is 1.56. The summed E-state index contributed by atoms with van der Waals surface area (Å²) < 4.78 is 0.958. The Morgan fingerprint density at radius 2 is 1.94 bits per heavy atom. The molecule has 0 aliphatic heterocycles. The third-order valence-electron chi connectivity index (χ3n) is 2.17. The Bertz CT molecular complexity index is 523. The van der Waals surface area contributed by atoms with Gasteiger partial charge >= 0.3 is 5.97 Å². The number of hydrogen-bond donors (Lipinski definition) is 1. The molecule has 0 bridgehead atoms. The summed E-state index contributed by atoms with van der Waals surface area (Å²) in [6.45, 7) is 0. The van der Waals surface area contributed by atoms with Gasteiger partial charge in [-0.1, -0.05) is 40.2 Å². The average Bonchev–Trinajstić information content (AvgIpc) is 2.30. The number of halogens is 1. The Balaban J connectivity index is 2.43. The molecular weight excluding hydrogens is 270 g/mol. The maximum absolute atomic E-state index is 10.6. The van der Waals surface area contributed by atoms with Crippen LogP contribution >= 0.6 is 15.9 Å². The van der Waals surface area contributed by atoms with Gasteiger partial charge in [-0.15, -0.1) is 0 Å². The highest BCUT2D eigenvalue weighted by Crippen LogP contribution is 2.27. The number of rotatable bonds is 2. The molecule has 0 radical (unpaired) electrons. The molecule has 3 nitrogen and oxygen atoms in total. The third kappa shape index (κ3) is 2.12. The first-order chi connectivity index (χ1) is 7.68. The molecule has 1 aromatic carbocycles. The van der Waals surface area contributed by atoms with Crippen LogP contribution in [0, 0.1) is 0 Å². The second kappa shape index (κ2) is 4.45. The molecule has 2 aromatic rings. The second-order valence-corrected chi connectivity index (χ2v) is 4.07. The summed E-state index contributed by atoms with van der Waals surface area (Å²) >= 11 is 3.44. The molecule has 2 rings (SSSR count). The minimum absolute atomic E-state index is 0.0517. The predicted octanol–water partition coefficient (Wildman–Crippen LogP) is 3.21. The Morgan fingerprint density at radius 3 is 2.50 bits per heavy atom. The number of aromatic carboxylic acids is 1. The Labute approximate surface area is 101 Å². The van der Waals surface area contributed by atoms with Crippen LogP contribution < -0.4 is 0 Å². The van der Waals surface area contributed by atoms with E-state index in [9.17, 15) is 4.79 Å². The summed E-state index contributed by atoms with van der Waals surface area (Å²) in [7, 11) is 0. The van der Waals surface area contributed by atoms with E-state index in [2.05, 4.69) is 20.9 Å². The molecule has 0 unspecified atom stereocenters. The average molecular weight is 278 g/mol. The molecule has 4 heteroatoms. The van der Waals surface area contributed by atoms with Gasteiger partial charge in [0.05, 0.1) is 0 Å². The van der Waals surface area contributed by atoms with E-state index in [-0.39, 0.29) is 5.69 Å². The van der Waals surface area contributed by atoms with Gasteiger partial charge in [0.2, 0.25) is 0 Å². The highest BCUT2D eigenvalue weighted by molar-refractivity contribution is 9.10. The molecule has 1 N–H and O–H groups in total. The van der Waals surface area contributed by atoms with Crippen LogP contribution in [-0.4, -0.2) is 16.1 Å². The van der Waals surface area contributed by atoms with E-state index in [0.29, 0.717) is 0 Å². The molecule has 0 spiro atoms. The van der Waals surface area contributed by atoms with Crippen molar-refractivity contribution in [2.24, 2.45) is 0 Å². The number of carboxylic acid groups (broad SMARTS) is 1. The molecule has 0 saturated carbocycles. The molecule has 0 aliphatic carbocycles. The summed E-state index contributed by atoms with van der Waals surface area (Å²) in [6, 6.07) is 11.0. The van der Waals surface area contributed by atoms with Crippen LogP contribution in [0.5, 0.6) is 0 Å². The lowest BCUT2D eigenvalue weighted by molar-refractivity contribution is 0.0690. The van der Waals surface area contributed by atoms with E-state index in [1.165, 1.54) is 6.07 Å². The molecule has 1 aromatic heterocycles. The number of aromatic nitrogens is 1. The smallest absolute Gasteiger partial charge is 0.354 e. The van der Waals surface area contributed by atoms with Crippen molar-refractivity contribution in [2.45, 2.75) is 0 Å². The van der Waals surface area contributed by atoms with E-state index >= 15 is 0 Å². The van der Waals surface area contributed by atoms with Crippen molar-refractivity contribution in [1.29, 1.82) is 0 Å². The fraction of sp³-hybridized carbons (Fsp3) is 0. The zero-order valence-electron chi connectivity index (χ0n) is 8.22. The topological polar surface area (TPSA) is 50.2 Å². The van der Waals surface area contributed by atoms with Crippen molar-refractivity contribution < 1.29 is 9.90 Å². The van der Waals surface area contributed by atoms with Crippen molar-refractivity contribution in [3.63, 3.8) is 0 Å². The van der Waals surface area contributed by atoms with Crippen molar-refractivity contribution >= 4 is 21.9 Å². The fourth-order valence-corrected chi connectivity index (χ4v) is 1.89. The lowest BCUT2D eigenvalue weighted by atomic mass is 10.1. The number of carbonyl (C=O) groups is 1. The molecule has 0 saturated heterocycles. The molecule has 0 fully saturated rings. The quantitative estimate of drug-likeness (QED) is 0.917. The van der Waals surface area contributed by atoms with Crippen molar-refractivity contribution in [2.75, 3.05) is 0 Å². The van der Waals surface area contributed by atoms with E-state index in [1.807, 2.05) is 24.3 Å². The van der Waals surface area contributed by atoms with Gasteiger partial charge in [-0.25, -0.2) is 9.78 Å². The fourth-order valence-electron chi connectivity index (χ4n) is 1.38. The molecule has 80 valence electrons. The van der Waals surface area contributed by atoms with Gasteiger partial charge in [-0.2, -0.15) is 0 Å². The standard InChI is InChI=1S/C12H8BrNO2/c13-10-4-2-1-3-9(10)8-5-6-11(12(15)16)14-7-8/h1-7H,(H,15,16). The number of carboxylic acids is 1. The van der Waals surface area contributed by atoms with E-state index < -0.39 is 5.97 Å². The summed E-state index contributed by atoms with van der Waals surface area (Å²) in [5, 5.41) is 8.73. The second-order valence-electron chi connectivity index (χ2n) is 3.22. The van der Waals surface area contributed by atoms with E-state index in [1.54, 1.807) is 12.3 Å². The monoisotopic (exact) mass is 277 g/mol.